The van der Waals surface area contributed by atoms with Gasteiger partial charge in [0.15, 0.2) is 5.65 Å². The molecule has 170 valence electrons. The number of nitrogens with one attached hydrogen (secondary N) is 1. The van der Waals surface area contributed by atoms with Crippen molar-refractivity contribution in [3.8, 4) is 17.3 Å². The number of carbonyl (C=O) groups is 1. The maximum absolute atomic E-state index is 12.3. The molecule has 1 aliphatic carbocycles. The lowest BCUT2D eigenvalue weighted by Crippen LogP contribution is -2.41. The Labute approximate surface area is 187 Å². The molecule has 0 spiro atoms. The summed E-state index contributed by atoms with van der Waals surface area (Å²) in [6.07, 6.45) is 2.12. The van der Waals surface area contributed by atoms with Crippen molar-refractivity contribution >= 4 is 22.8 Å². The van der Waals surface area contributed by atoms with Gasteiger partial charge in [0.1, 0.15) is 18.2 Å². The van der Waals surface area contributed by atoms with Gasteiger partial charge in [0.2, 0.25) is 5.88 Å². The molecule has 8 nitrogen and oxygen atoms in total. The van der Waals surface area contributed by atoms with Crippen LogP contribution in [0.4, 0.5) is 5.82 Å². The fourth-order valence-corrected chi connectivity index (χ4v) is 4.41. The summed E-state index contributed by atoms with van der Waals surface area (Å²) in [5, 5.41) is 14.5. The summed E-state index contributed by atoms with van der Waals surface area (Å²) in [5.41, 5.74) is 15.8. The number of aryl methyl sites for hydroxylation is 2. The van der Waals surface area contributed by atoms with Crippen molar-refractivity contribution in [2.24, 2.45) is 5.73 Å². The van der Waals surface area contributed by atoms with Crippen molar-refractivity contribution in [1.29, 1.82) is 0 Å². The van der Waals surface area contributed by atoms with Crippen molar-refractivity contribution in [3.63, 3.8) is 0 Å². The van der Waals surface area contributed by atoms with Crippen LogP contribution >= 0.6 is 0 Å². The number of primary amides is 1. The highest BCUT2D eigenvalue weighted by Crippen LogP contribution is 2.39. The first-order valence-corrected chi connectivity index (χ1v) is 10.9. The lowest BCUT2D eigenvalue weighted by atomic mass is 10.1. The summed E-state index contributed by atoms with van der Waals surface area (Å²) in [6.45, 7) is 10.4. The van der Waals surface area contributed by atoms with Crippen molar-refractivity contribution in [2.45, 2.75) is 59.0 Å². The molecular weight excluding hydrogens is 406 g/mol. The molecule has 0 saturated heterocycles. The van der Waals surface area contributed by atoms with E-state index in [0.29, 0.717) is 40.8 Å². The van der Waals surface area contributed by atoms with Crippen LogP contribution in [-0.2, 0) is 0 Å². The zero-order chi connectivity index (χ0) is 23.4. The van der Waals surface area contributed by atoms with E-state index < -0.39 is 5.91 Å². The van der Waals surface area contributed by atoms with Crippen LogP contribution in [0.1, 0.15) is 53.7 Å². The molecule has 3 aromatic rings. The number of aromatic nitrogens is 2. The summed E-state index contributed by atoms with van der Waals surface area (Å²) >= 11 is 0. The number of anilines is 1. The molecule has 0 atom stereocenters. The molecule has 1 aliphatic rings. The normalized spacial score (nSPS) is 14.8. The van der Waals surface area contributed by atoms with Crippen LogP contribution in [-0.4, -0.2) is 38.8 Å². The Balaban J connectivity index is 1.88. The number of amides is 1. The fraction of sp³-hybridized carbons (Fsp3) is 0.417. The minimum absolute atomic E-state index is 0.0188. The molecule has 2 heterocycles. The predicted octanol–water partition coefficient (Wildman–Crippen LogP) is 3.25. The minimum Gasteiger partial charge on any atom is -0.508 e. The minimum atomic E-state index is -0.630. The summed E-state index contributed by atoms with van der Waals surface area (Å²) in [6, 6.07) is 5.64. The van der Waals surface area contributed by atoms with Crippen LogP contribution in [0.2, 0.25) is 0 Å². The number of nitrogen functional groups attached to an aromatic ring is 1. The average molecular weight is 438 g/mol. The largest absolute Gasteiger partial charge is 0.508 e. The van der Waals surface area contributed by atoms with Gasteiger partial charge >= 0.3 is 0 Å². The molecule has 1 amide bonds. The third-order valence-corrected chi connectivity index (χ3v) is 6.13. The Morgan fingerprint density at radius 2 is 1.97 bits per heavy atom. The van der Waals surface area contributed by atoms with Gasteiger partial charge in [-0.1, -0.05) is 19.9 Å². The van der Waals surface area contributed by atoms with E-state index in [2.05, 4.69) is 19.2 Å². The number of hydrogen-bond donors (Lipinski definition) is 4. The SMILES string of the molecule is Cc1cc2c(C(N)=O)c(N)n(-c3c(C)ccc(O)c3C)c2nc1OCC1(NC(C)C)CC1. The van der Waals surface area contributed by atoms with Crippen LogP contribution in [0.3, 0.4) is 0 Å². The predicted molar refractivity (Wildman–Crippen MR) is 126 cm³/mol. The van der Waals surface area contributed by atoms with Crippen LogP contribution in [0.15, 0.2) is 18.2 Å². The maximum Gasteiger partial charge on any atom is 0.253 e. The van der Waals surface area contributed by atoms with Crippen molar-refractivity contribution in [1.82, 2.24) is 14.9 Å². The molecule has 0 radical (unpaired) electrons. The highest BCUT2D eigenvalue weighted by molar-refractivity contribution is 6.11. The number of aromatic hydroxyl groups is 1. The third kappa shape index (κ3) is 3.64. The van der Waals surface area contributed by atoms with E-state index in [0.717, 1.165) is 24.0 Å². The second kappa shape index (κ2) is 7.70. The third-order valence-electron chi connectivity index (χ3n) is 6.13. The Kier molecular flexibility index (Phi) is 5.29. The van der Waals surface area contributed by atoms with E-state index in [1.807, 2.05) is 19.9 Å². The van der Waals surface area contributed by atoms with Gasteiger partial charge < -0.3 is 26.6 Å². The number of fused-ring (bicyclic) bond motifs is 1. The second-order valence-corrected chi connectivity index (χ2v) is 9.18. The summed E-state index contributed by atoms with van der Waals surface area (Å²) < 4.78 is 7.85. The number of nitrogens with two attached hydrogens (primary N) is 2. The zero-order valence-corrected chi connectivity index (χ0v) is 19.2. The fourth-order valence-electron chi connectivity index (χ4n) is 4.41. The number of phenolic OH excluding ortho intramolecular Hbond substituents is 1. The highest BCUT2D eigenvalue weighted by atomic mass is 16.5. The molecule has 1 fully saturated rings. The molecule has 1 saturated carbocycles. The number of hydrogen-bond acceptors (Lipinski definition) is 6. The Bertz CT molecular complexity index is 1220. The molecule has 0 unspecified atom stereocenters. The first-order chi connectivity index (χ1) is 15.0. The molecule has 0 bridgehead atoms. The van der Waals surface area contributed by atoms with E-state index in [1.54, 1.807) is 23.6 Å². The Hall–Kier alpha value is -3.26. The molecule has 8 heteroatoms. The Morgan fingerprint density at radius 3 is 2.56 bits per heavy atom. The number of benzene rings is 1. The zero-order valence-electron chi connectivity index (χ0n) is 19.2. The van der Waals surface area contributed by atoms with Gasteiger partial charge in [0, 0.05) is 22.6 Å². The monoisotopic (exact) mass is 437 g/mol. The first-order valence-electron chi connectivity index (χ1n) is 10.9. The van der Waals surface area contributed by atoms with E-state index in [1.165, 1.54) is 0 Å². The number of pyridine rings is 1. The van der Waals surface area contributed by atoms with Gasteiger partial charge in [-0.15, -0.1) is 0 Å². The molecule has 6 N–H and O–H groups in total. The number of ether oxygens (including phenoxy) is 1. The topological polar surface area (TPSA) is 128 Å². The quantitative estimate of drug-likeness (QED) is 0.449. The summed E-state index contributed by atoms with van der Waals surface area (Å²) in [4.78, 5) is 17.1. The average Bonchev–Trinajstić information content (AvgIpc) is 3.40. The van der Waals surface area contributed by atoms with Crippen molar-refractivity contribution in [3.05, 3.63) is 40.5 Å². The summed E-state index contributed by atoms with van der Waals surface area (Å²) in [7, 11) is 0. The van der Waals surface area contributed by atoms with Crippen LogP contribution in [0.25, 0.3) is 16.7 Å². The van der Waals surface area contributed by atoms with E-state index in [-0.39, 0.29) is 22.7 Å². The van der Waals surface area contributed by atoms with Gasteiger partial charge in [-0.3, -0.25) is 9.36 Å². The lowest BCUT2D eigenvalue weighted by molar-refractivity contribution is 0.100. The van der Waals surface area contributed by atoms with E-state index in [9.17, 15) is 9.90 Å². The molecule has 1 aromatic carbocycles. The summed E-state index contributed by atoms with van der Waals surface area (Å²) in [5.74, 6) is 0.175. The van der Waals surface area contributed by atoms with Gasteiger partial charge in [-0.05, 0) is 51.3 Å². The van der Waals surface area contributed by atoms with E-state index >= 15 is 0 Å². The number of rotatable bonds is 7. The molecular formula is C24H31N5O3. The van der Waals surface area contributed by atoms with Crippen LogP contribution in [0, 0.1) is 20.8 Å². The lowest BCUT2D eigenvalue weighted by Gasteiger charge is -2.21. The van der Waals surface area contributed by atoms with Crippen molar-refractivity contribution in [2.75, 3.05) is 12.3 Å². The van der Waals surface area contributed by atoms with E-state index in [4.69, 9.17) is 21.2 Å². The number of nitrogens with zero attached hydrogens (tertiary/aromatic N) is 2. The molecule has 0 aliphatic heterocycles. The van der Waals surface area contributed by atoms with Gasteiger partial charge in [-0.2, -0.15) is 4.98 Å². The van der Waals surface area contributed by atoms with Crippen molar-refractivity contribution < 1.29 is 14.6 Å². The smallest absolute Gasteiger partial charge is 0.253 e. The molecule has 4 rings (SSSR count). The van der Waals surface area contributed by atoms with Crippen LogP contribution < -0.4 is 21.5 Å². The standard InChI is InChI=1S/C24H31N5O3/c1-12(2)28-24(8-9-24)11-32-23-14(4)10-16-18(21(26)31)20(25)29(22(16)27-23)19-13(3)6-7-17(30)15(19)5/h6-7,10,12,28,30H,8-9,11,25H2,1-5H3,(H2,26,31). The number of carbonyl (C=O) groups excluding carboxylic acids is 1. The highest BCUT2D eigenvalue weighted by Gasteiger charge is 2.44. The second-order valence-electron chi connectivity index (χ2n) is 9.18. The molecule has 32 heavy (non-hydrogen) atoms. The number of phenols is 1. The van der Waals surface area contributed by atoms with Gasteiger partial charge in [0.05, 0.1) is 16.8 Å². The van der Waals surface area contributed by atoms with Gasteiger partial charge in [-0.25, -0.2) is 0 Å². The van der Waals surface area contributed by atoms with Crippen LogP contribution in [0.5, 0.6) is 11.6 Å². The first kappa shape index (κ1) is 22.0. The maximum atomic E-state index is 12.3. The molecule has 2 aromatic heterocycles. The van der Waals surface area contributed by atoms with Gasteiger partial charge in [0.25, 0.3) is 5.91 Å². The Morgan fingerprint density at radius 1 is 1.28 bits per heavy atom.